The number of fused-ring (bicyclic) bond motifs is 1. The Morgan fingerprint density at radius 1 is 0.931 bits per heavy atom. The minimum atomic E-state index is -0.471. The molecule has 1 atom stereocenters. The first-order valence-electron chi connectivity index (χ1n) is 10.6. The Bertz CT molecular complexity index is 859. The van der Waals surface area contributed by atoms with Gasteiger partial charge in [0, 0.05) is 26.2 Å². The number of ether oxygens (including phenoxy) is 2. The minimum absolute atomic E-state index is 0.0677. The number of aryl methyl sites for hydroxylation is 1. The van der Waals surface area contributed by atoms with Crippen molar-refractivity contribution < 1.29 is 14.3 Å². The highest BCUT2D eigenvalue weighted by molar-refractivity contribution is 5.81. The number of carbonyl (C=O) groups is 1. The number of anilines is 1. The van der Waals surface area contributed by atoms with Crippen LogP contribution in [-0.2, 0) is 17.6 Å². The molecule has 2 aliphatic rings. The molecule has 154 valence electrons. The first-order valence-corrected chi connectivity index (χ1v) is 10.6. The van der Waals surface area contributed by atoms with Crippen LogP contribution in [0.5, 0.6) is 11.5 Å². The summed E-state index contributed by atoms with van der Waals surface area (Å²) in [7, 11) is 1.69. The van der Waals surface area contributed by atoms with Gasteiger partial charge >= 0.3 is 0 Å². The van der Waals surface area contributed by atoms with E-state index in [0.29, 0.717) is 13.1 Å². The highest BCUT2D eigenvalue weighted by Crippen LogP contribution is 2.31. The molecule has 1 fully saturated rings. The SMILES string of the molecule is COc1ccccc1N1CCN(C(=O)C(C)Oc2cccc3c2CCCC3)CC1. The first kappa shape index (κ1) is 19.6. The molecule has 1 saturated heterocycles. The molecule has 1 aliphatic heterocycles. The molecule has 0 bridgehead atoms. The van der Waals surface area contributed by atoms with Gasteiger partial charge < -0.3 is 19.3 Å². The maximum Gasteiger partial charge on any atom is 0.263 e. The number of amides is 1. The quantitative estimate of drug-likeness (QED) is 0.776. The van der Waals surface area contributed by atoms with Crippen molar-refractivity contribution in [2.45, 2.75) is 38.7 Å². The van der Waals surface area contributed by atoms with Crippen molar-refractivity contribution in [3.8, 4) is 11.5 Å². The molecular weight excluding hydrogens is 364 g/mol. The van der Waals surface area contributed by atoms with Crippen LogP contribution in [-0.4, -0.2) is 50.2 Å². The second kappa shape index (κ2) is 8.76. The van der Waals surface area contributed by atoms with Gasteiger partial charge in [-0.2, -0.15) is 0 Å². The maximum atomic E-state index is 13.0. The zero-order valence-electron chi connectivity index (χ0n) is 17.4. The van der Waals surface area contributed by atoms with E-state index < -0.39 is 6.10 Å². The molecule has 1 aliphatic carbocycles. The molecule has 4 rings (SSSR count). The van der Waals surface area contributed by atoms with Crippen molar-refractivity contribution in [2.24, 2.45) is 0 Å². The Hall–Kier alpha value is -2.69. The molecular formula is C24H30N2O3. The van der Waals surface area contributed by atoms with Gasteiger partial charge in [-0.25, -0.2) is 0 Å². The lowest BCUT2D eigenvalue weighted by Gasteiger charge is -2.37. The molecule has 29 heavy (non-hydrogen) atoms. The van der Waals surface area contributed by atoms with Gasteiger partial charge in [0.05, 0.1) is 12.8 Å². The molecule has 0 radical (unpaired) electrons. The second-order valence-electron chi connectivity index (χ2n) is 7.85. The van der Waals surface area contributed by atoms with Gasteiger partial charge in [0.15, 0.2) is 6.10 Å². The van der Waals surface area contributed by atoms with Crippen molar-refractivity contribution in [2.75, 3.05) is 38.2 Å². The molecule has 0 spiro atoms. The third kappa shape index (κ3) is 4.19. The van der Waals surface area contributed by atoms with Crippen molar-refractivity contribution in [1.82, 2.24) is 4.90 Å². The average molecular weight is 395 g/mol. The number of carbonyl (C=O) groups excluding carboxylic acids is 1. The molecule has 1 unspecified atom stereocenters. The van der Waals surface area contributed by atoms with E-state index in [1.807, 2.05) is 42.2 Å². The summed E-state index contributed by atoms with van der Waals surface area (Å²) < 4.78 is 11.6. The van der Waals surface area contributed by atoms with Gasteiger partial charge in [-0.1, -0.05) is 24.3 Å². The fourth-order valence-corrected chi connectivity index (χ4v) is 4.41. The Morgan fingerprint density at radius 3 is 2.45 bits per heavy atom. The highest BCUT2D eigenvalue weighted by atomic mass is 16.5. The Kier molecular flexibility index (Phi) is 5.93. The summed E-state index contributed by atoms with van der Waals surface area (Å²) in [4.78, 5) is 17.2. The lowest BCUT2D eigenvalue weighted by Crippen LogP contribution is -2.52. The van der Waals surface area contributed by atoms with Crippen molar-refractivity contribution in [1.29, 1.82) is 0 Å². The number of nitrogens with zero attached hydrogens (tertiary/aromatic N) is 2. The largest absolute Gasteiger partial charge is 0.495 e. The van der Waals surface area contributed by atoms with Crippen LogP contribution in [0.2, 0.25) is 0 Å². The van der Waals surface area contributed by atoms with E-state index in [1.165, 1.54) is 24.0 Å². The minimum Gasteiger partial charge on any atom is -0.495 e. The molecule has 1 heterocycles. The van der Waals surface area contributed by atoms with E-state index in [4.69, 9.17) is 9.47 Å². The van der Waals surface area contributed by atoms with Gasteiger partial charge in [0.25, 0.3) is 5.91 Å². The van der Waals surface area contributed by atoms with Gasteiger partial charge in [-0.05, 0) is 61.9 Å². The summed E-state index contributed by atoms with van der Waals surface area (Å²) in [5, 5.41) is 0. The fourth-order valence-electron chi connectivity index (χ4n) is 4.41. The molecule has 2 aromatic carbocycles. The summed E-state index contributed by atoms with van der Waals surface area (Å²) in [6, 6.07) is 14.3. The van der Waals surface area contributed by atoms with Gasteiger partial charge in [0.1, 0.15) is 11.5 Å². The number of para-hydroxylation sites is 2. The number of hydrogen-bond acceptors (Lipinski definition) is 4. The van der Waals surface area contributed by atoms with E-state index in [2.05, 4.69) is 17.0 Å². The van der Waals surface area contributed by atoms with Crippen molar-refractivity contribution in [3.05, 3.63) is 53.6 Å². The van der Waals surface area contributed by atoms with E-state index in [9.17, 15) is 4.79 Å². The number of piperazine rings is 1. The molecule has 2 aromatic rings. The Morgan fingerprint density at radius 2 is 1.66 bits per heavy atom. The van der Waals surface area contributed by atoms with Crippen LogP contribution in [0, 0.1) is 0 Å². The van der Waals surface area contributed by atoms with Crippen molar-refractivity contribution >= 4 is 11.6 Å². The molecule has 0 saturated carbocycles. The summed E-state index contributed by atoms with van der Waals surface area (Å²) in [6.45, 7) is 4.84. The Labute approximate surface area is 173 Å². The van der Waals surface area contributed by atoms with Gasteiger partial charge in [0.2, 0.25) is 0 Å². The predicted molar refractivity (Wildman–Crippen MR) is 115 cm³/mol. The zero-order valence-corrected chi connectivity index (χ0v) is 17.4. The van der Waals surface area contributed by atoms with Gasteiger partial charge in [-0.15, -0.1) is 0 Å². The standard InChI is InChI=1S/C24H30N2O3/c1-18(29-22-13-7-9-19-8-3-4-10-20(19)22)24(27)26-16-14-25(15-17-26)21-11-5-6-12-23(21)28-2/h5-7,9,11-13,18H,3-4,8,10,14-17H2,1-2H3. The molecule has 5 nitrogen and oxygen atoms in total. The van der Waals surface area contributed by atoms with Crippen LogP contribution in [0.3, 0.4) is 0 Å². The van der Waals surface area contributed by atoms with Crippen LogP contribution >= 0.6 is 0 Å². The number of rotatable bonds is 5. The van der Waals surface area contributed by atoms with Crippen LogP contribution in [0.15, 0.2) is 42.5 Å². The normalized spacial score (nSPS) is 17.4. The average Bonchev–Trinajstić information content (AvgIpc) is 2.79. The second-order valence-corrected chi connectivity index (χ2v) is 7.85. The lowest BCUT2D eigenvalue weighted by atomic mass is 9.91. The maximum absolute atomic E-state index is 13.0. The summed E-state index contributed by atoms with van der Waals surface area (Å²) in [5.74, 6) is 1.83. The Balaban J connectivity index is 1.37. The molecule has 1 amide bonds. The summed E-state index contributed by atoms with van der Waals surface area (Å²) in [6.07, 6.45) is 4.12. The predicted octanol–water partition coefficient (Wildman–Crippen LogP) is 3.69. The zero-order chi connectivity index (χ0) is 20.2. The third-order valence-corrected chi connectivity index (χ3v) is 6.02. The number of methoxy groups -OCH3 is 1. The smallest absolute Gasteiger partial charge is 0.263 e. The first-order chi connectivity index (χ1) is 14.2. The van der Waals surface area contributed by atoms with E-state index in [-0.39, 0.29) is 5.91 Å². The van der Waals surface area contributed by atoms with Crippen LogP contribution < -0.4 is 14.4 Å². The van der Waals surface area contributed by atoms with Crippen LogP contribution in [0.4, 0.5) is 5.69 Å². The number of hydrogen-bond donors (Lipinski definition) is 0. The van der Waals surface area contributed by atoms with E-state index in [1.54, 1.807) is 7.11 Å². The van der Waals surface area contributed by atoms with Crippen LogP contribution in [0.1, 0.15) is 30.9 Å². The summed E-state index contributed by atoms with van der Waals surface area (Å²) >= 11 is 0. The monoisotopic (exact) mass is 394 g/mol. The van der Waals surface area contributed by atoms with Crippen molar-refractivity contribution in [3.63, 3.8) is 0 Å². The van der Waals surface area contributed by atoms with E-state index >= 15 is 0 Å². The summed E-state index contributed by atoms with van der Waals surface area (Å²) in [5.41, 5.74) is 3.75. The molecule has 0 aromatic heterocycles. The molecule has 5 heteroatoms. The highest BCUT2D eigenvalue weighted by Gasteiger charge is 2.28. The molecule has 0 N–H and O–H groups in total. The van der Waals surface area contributed by atoms with Crippen LogP contribution in [0.25, 0.3) is 0 Å². The lowest BCUT2D eigenvalue weighted by molar-refractivity contribution is -0.138. The van der Waals surface area contributed by atoms with Gasteiger partial charge in [-0.3, -0.25) is 4.79 Å². The van der Waals surface area contributed by atoms with E-state index in [0.717, 1.165) is 43.1 Å². The number of benzene rings is 2. The topological polar surface area (TPSA) is 42.0 Å². The third-order valence-electron chi connectivity index (χ3n) is 6.02. The fraction of sp³-hybridized carbons (Fsp3) is 0.458.